The van der Waals surface area contributed by atoms with Gasteiger partial charge in [0.25, 0.3) is 0 Å². The van der Waals surface area contributed by atoms with E-state index < -0.39 is 9.84 Å². The molecule has 0 aliphatic carbocycles. The minimum Gasteiger partial charge on any atom is -0.397 e. The van der Waals surface area contributed by atoms with Crippen LogP contribution >= 0.6 is 0 Å². The Bertz CT molecular complexity index is 912. The topological polar surface area (TPSA) is 79.5 Å². The van der Waals surface area contributed by atoms with E-state index in [-0.39, 0.29) is 0 Å². The van der Waals surface area contributed by atoms with Gasteiger partial charge in [0, 0.05) is 38.1 Å². The van der Waals surface area contributed by atoms with Crippen molar-refractivity contribution in [1.29, 1.82) is 0 Å². The van der Waals surface area contributed by atoms with E-state index >= 15 is 0 Å². The van der Waals surface area contributed by atoms with E-state index in [0.29, 0.717) is 10.6 Å². The Morgan fingerprint density at radius 1 is 0.862 bits per heavy atom. The zero-order valence-corrected chi connectivity index (χ0v) is 17.8. The van der Waals surface area contributed by atoms with Gasteiger partial charge in [-0.05, 0) is 73.9 Å². The number of hydrogen-bond acceptors (Lipinski definition) is 6. The second-order valence-electron chi connectivity index (χ2n) is 8.36. The highest BCUT2D eigenvalue weighted by atomic mass is 32.2. The molecule has 0 atom stereocenters. The summed E-state index contributed by atoms with van der Waals surface area (Å²) in [7, 11) is -3.13. The predicted octanol–water partition coefficient (Wildman–Crippen LogP) is 3.20. The molecule has 7 heteroatoms. The molecule has 1 aromatic carbocycles. The monoisotopic (exact) mass is 414 g/mol. The molecular formula is C22H30N4O2S. The number of sulfone groups is 1. The van der Waals surface area contributed by atoms with Gasteiger partial charge in [0.05, 0.1) is 16.8 Å². The lowest BCUT2D eigenvalue weighted by Crippen LogP contribution is -2.41. The summed E-state index contributed by atoms with van der Waals surface area (Å²) in [6.45, 7) is 4.22. The van der Waals surface area contributed by atoms with E-state index in [1.165, 1.54) is 31.9 Å². The summed E-state index contributed by atoms with van der Waals surface area (Å²) in [5.74, 6) is 2.60. The minimum absolute atomic E-state index is 0.387. The molecule has 3 heterocycles. The van der Waals surface area contributed by atoms with Crippen LogP contribution in [0.15, 0.2) is 47.5 Å². The van der Waals surface area contributed by atoms with E-state index in [1.807, 2.05) is 24.3 Å². The molecule has 156 valence electrons. The summed E-state index contributed by atoms with van der Waals surface area (Å²) in [6, 6.07) is 11.3. The van der Waals surface area contributed by atoms with Crippen LogP contribution in [-0.2, 0) is 9.84 Å². The van der Waals surface area contributed by atoms with Crippen molar-refractivity contribution in [3.63, 3.8) is 0 Å². The fourth-order valence-corrected chi connectivity index (χ4v) is 5.35. The Balaban J connectivity index is 1.28. The van der Waals surface area contributed by atoms with Gasteiger partial charge in [-0.2, -0.15) is 0 Å². The van der Waals surface area contributed by atoms with Crippen LogP contribution in [0.4, 0.5) is 17.2 Å². The van der Waals surface area contributed by atoms with Gasteiger partial charge in [0.2, 0.25) is 0 Å². The van der Waals surface area contributed by atoms with Crippen molar-refractivity contribution in [2.24, 2.45) is 11.8 Å². The molecule has 6 nitrogen and oxygen atoms in total. The standard InChI is InChI=1S/C22H30N4O2S/c1-29(27,28)21-5-3-20(4-6-21)25-12-8-17(9-13-25)18-10-14-26(15-11-18)22-7-2-19(23)16-24-22/h2-7,16-18H,8-15,23H2,1H3. The van der Waals surface area contributed by atoms with Gasteiger partial charge in [-0.25, -0.2) is 13.4 Å². The van der Waals surface area contributed by atoms with Crippen LogP contribution in [0.5, 0.6) is 0 Å². The smallest absolute Gasteiger partial charge is 0.175 e. The van der Waals surface area contributed by atoms with Crippen molar-refractivity contribution < 1.29 is 8.42 Å². The van der Waals surface area contributed by atoms with Crippen LogP contribution in [0.25, 0.3) is 0 Å². The third kappa shape index (κ3) is 4.66. The van der Waals surface area contributed by atoms with E-state index in [4.69, 9.17) is 5.73 Å². The van der Waals surface area contributed by atoms with Gasteiger partial charge in [-0.3, -0.25) is 0 Å². The molecule has 2 N–H and O–H groups in total. The number of aromatic nitrogens is 1. The molecule has 1 aromatic heterocycles. The number of piperidine rings is 2. The van der Waals surface area contributed by atoms with Gasteiger partial charge >= 0.3 is 0 Å². The van der Waals surface area contributed by atoms with E-state index in [1.54, 1.807) is 18.3 Å². The lowest BCUT2D eigenvalue weighted by molar-refractivity contribution is 0.233. The molecule has 0 bridgehead atoms. The number of nitrogen functional groups attached to an aromatic ring is 1. The Kier molecular flexibility index (Phi) is 5.67. The van der Waals surface area contributed by atoms with Gasteiger partial charge in [0.1, 0.15) is 5.82 Å². The highest BCUT2D eigenvalue weighted by molar-refractivity contribution is 7.90. The average molecular weight is 415 g/mol. The SMILES string of the molecule is CS(=O)(=O)c1ccc(N2CCC(C3CCN(c4ccc(N)cn4)CC3)CC2)cc1. The first-order valence-electron chi connectivity index (χ1n) is 10.4. The van der Waals surface area contributed by atoms with Crippen LogP contribution in [0.2, 0.25) is 0 Å². The van der Waals surface area contributed by atoms with Crippen molar-refractivity contribution >= 4 is 27.0 Å². The molecule has 2 fully saturated rings. The summed E-state index contributed by atoms with van der Waals surface area (Å²) < 4.78 is 23.3. The van der Waals surface area contributed by atoms with Crippen LogP contribution in [0.3, 0.4) is 0 Å². The Morgan fingerprint density at radius 3 is 1.90 bits per heavy atom. The summed E-state index contributed by atoms with van der Waals surface area (Å²) >= 11 is 0. The molecule has 0 amide bonds. The molecule has 0 spiro atoms. The number of nitrogens with zero attached hydrogens (tertiary/aromatic N) is 3. The number of nitrogens with two attached hydrogens (primary N) is 1. The number of anilines is 3. The maximum Gasteiger partial charge on any atom is 0.175 e. The minimum atomic E-state index is -3.13. The zero-order valence-electron chi connectivity index (χ0n) is 17.0. The summed E-state index contributed by atoms with van der Waals surface area (Å²) in [6.07, 6.45) is 7.85. The van der Waals surface area contributed by atoms with Crippen molar-refractivity contribution in [2.45, 2.75) is 30.6 Å². The van der Waals surface area contributed by atoms with Crippen LogP contribution < -0.4 is 15.5 Å². The van der Waals surface area contributed by atoms with E-state index in [9.17, 15) is 8.42 Å². The van der Waals surface area contributed by atoms with Gasteiger partial charge in [-0.1, -0.05) is 0 Å². The number of hydrogen-bond donors (Lipinski definition) is 1. The van der Waals surface area contributed by atoms with Gasteiger partial charge < -0.3 is 15.5 Å². The van der Waals surface area contributed by atoms with Crippen molar-refractivity contribution in [2.75, 3.05) is 48.0 Å². The molecule has 0 unspecified atom stereocenters. The summed E-state index contributed by atoms with van der Waals surface area (Å²) in [4.78, 5) is 9.60. The third-order valence-electron chi connectivity index (χ3n) is 6.47. The van der Waals surface area contributed by atoms with Gasteiger partial charge in [-0.15, -0.1) is 0 Å². The first kappa shape index (κ1) is 20.0. The molecule has 0 saturated carbocycles. The second kappa shape index (κ2) is 8.22. The molecule has 2 aromatic rings. The molecular weight excluding hydrogens is 384 g/mol. The molecule has 29 heavy (non-hydrogen) atoms. The van der Waals surface area contributed by atoms with Crippen LogP contribution in [-0.4, -0.2) is 45.8 Å². The fourth-order valence-electron chi connectivity index (χ4n) is 4.72. The predicted molar refractivity (Wildman–Crippen MR) is 118 cm³/mol. The molecule has 2 aliphatic rings. The van der Waals surface area contributed by atoms with Crippen molar-refractivity contribution in [3.8, 4) is 0 Å². The Morgan fingerprint density at radius 2 is 1.41 bits per heavy atom. The molecule has 2 saturated heterocycles. The molecule has 0 radical (unpaired) electrons. The summed E-state index contributed by atoms with van der Waals surface area (Å²) in [5, 5.41) is 0. The zero-order chi connectivity index (χ0) is 20.4. The second-order valence-corrected chi connectivity index (χ2v) is 10.4. The lowest BCUT2D eigenvalue weighted by Gasteiger charge is -2.41. The van der Waals surface area contributed by atoms with Crippen molar-refractivity contribution in [1.82, 2.24) is 4.98 Å². The van der Waals surface area contributed by atoms with E-state index in [2.05, 4.69) is 14.8 Å². The lowest BCUT2D eigenvalue weighted by atomic mass is 9.78. The number of benzene rings is 1. The summed E-state index contributed by atoms with van der Waals surface area (Å²) in [5.41, 5.74) is 7.58. The van der Waals surface area contributed by atoms with E-state index in [0.717, 1.165) is 49.5 Å². The van der Waals surface area contributed by atoms with Crippen LogP contribution in [0, 0.1) is 11.8 Å². The van der Waals surface area contributed by atoms with Crippen molar-refractivity contribution in [3.05, 3.63) is 42.6 Å². The maximum atomic E-state index is 11.6. The van der Waals surface area contributed by atoms with Gasteiger partial charge in [0.15, 0.2) is 9.84 Å². The number of rotatable bonds is 4. The first-order chi connectivity index (χ1) is 13.9. The number of pyridine rings is 1. The normalized spacial score (nSPS) is 19.5. The highest BCUT2D eigenvalue weighted by Crippen LogP contribution is 2.35. The van der Waals surface area contributed by atoms with Crippen LogP contribution in [0.1, 0.15) is 25.7 Å². The molecule has 4 rings (SSSR count). The third-order valence-corrected chi connectivity index (χ3v) is 7.60. The maximum absolute atomic E-state index is 11.6. The largest absolute Gasteiger partial charge is 0.397 e. The quantitative estimate of drug-likeness (QED) is 0.828. The highest BCUT2D eigenvalue weighted by Gasteiger charge is 2.30. The average Bonchev–Trinajstić information content (AvgIpc) is 2.74. The fraction of sp³-hybridized carbons (Fsp3) is 0.500. The molecule has 2 aliphatic heterocycles. The Labute approximate surface area is 173 Å². The first-order valence-corrected chi connectivity index (χ1v) is 12.3. The Hall–Kier alpha value is -2.28.